The van der Waals surface area contributed by atoms with E-state index in [4.69, 9.17) is 0 Å². The highest BCUT2D eigenvalue weighted by molar-refractivity contribution is 5.84. The molecular weight excluding hydrogens is 260 g/mol. The van der Waals surface area contributed by atoms with Gasteiger partial charge in [-0.3, -0.25) is 4.79 Å². The van der Waals surface area contributed by atoms with Gasteiger partial charge in [0.25, 0.3) is 0 Å². The van der Waals surface area contributed by atoms with Crippen molar-refractivity contribution < 1.29 is 4.79 Å². The largest absolute Gasteiger partial charge is 0.361 e. The minimum atomic E-state index is -0.00391. The van der Waals surface area contributed by atoms with E-state index < -0.39 is 0 Å². The Bertz CT molecular complexity index is 746. The molecule has 1 aromatic heterocycles. The molecule has 0 unspecified atom stereocenters. The number of carbonyl (C=O) groups is 1. The highest BCUT2D eigenvalue weighted by Crippen LogP contribution is 2.30. The third-order valence-electron chi connectivity index (χ3n) is 3.75. The lowest BCUT2D eigenvalue weighted by Gasteiger charge is -2.17. The third kappa shape index (κ3) is 2.82. The smallest absolute Gasteiger partial charge is 0.216 e. The number of amides is 1. The lowest BCUT2D eigenvalue weighted by Crippen LogP contribution is -2.26. The number of H-pyrrole nitrogens is 1. The van der Waals surface area contributed by atoms with Crippen LogP contribution in [0, 0.1) is 0 Å². The van der Waals surface area contributed by atoms with E-state index >= 15 is 0 Å². The van der Waals surface area contributed by atoms with E-state index in [2.05, 4.69) is 34.6 Å². The maximum Gasteiger partial charge on any atom is 0.216 e. The molecule has 0 spiro atoms. The molecule has 0 aliphatic carbocycles. The van der Waals surface area contributed by atoms with Crippen molar-refractivity contribution in [3.05, 3.63) is 71.9 Å². The maximum absolute atomic E-state index is 11.3. The predicted octanol–water partition coefficient (Wildman–Crippen LogP) is 3.44. The van der Waals surface area contributed by atoms with Gasteiger partial charge in [-0.25, -0.2) is 0 Å². The summed E-state index contributed by atoms with van der Waals surface area (Å²) in [4.78, 5) is 14.6. The second-order valence-electron chi connectivity index (χ2n) is 5.19. The molecule has 0 aliphatic rings. The molecular formula is C18H18N2O. The monoisotopic (exact) mass is 278 g/mol. The molecule has 3 aromatic rings. The minimum absolute atomic E-state index is 0.00391. The van der Waals surface area contributed by atoms with Crippen molar-refractivity contribution in [2.75, 3.05) is 6.54 Å². The number of benzene rings is 2. The van der Waals surface area contributed by atoms with Crippen LogP contribution in [0.5, 0.6) is 0 Å². The number of hydrogen-bond donors (Lipinski definition) is 2. The van der Waals surface area contributed by atoms with Crippen LogP contribution >= 0.6 is 0 Å². The first-order chi connectivity index (χ1) is 10.3. The Labute approximate surface area is 124 Å². The Morgan fingerprint density at radius 1 is 1.10 bits per heavy atom. The molecule has 1 atom stereocenters. The van der Waals surface area contributed by atoms with Crippen LogP contribution in [0.25, 0.3) is 10.9 Å². The molecule has 3 rings (SSSR count). The van der Waals surface area contributed by atoms with Gasteiger partial charge < -0.3 is 10.3 Å². The minimum Gasteiger partial charge on any atom is -0.361 e. The van der Waals surface area contributed by atoms with Gasteiger partial charge in [0.15, 0.2) is 0 Å². The van der Waals surface area contributed by atoms with E-state index in [-0.39, 0.29) is 11.8 Å². The summed E-state index contributed by atoms with van der Waals surface area (Å²) in [5.74, 6) is 0.141. The maximum atomic E-state index is 11.3. The van der Waals surface area contributed by atoms with E-state index in [0.717, 1.165) is 5.52 Å². The quantitative estimate of drug-likeness (QED) is 0.754. The van der Waals surface area contributed by atoms with Gasteiger partial charge in [0.05, 0.1) is 0 Å². The molecule has 3 heteroatoms. The van der Waals surface area contributed by atoms with Gasteiger partial charge >= 0.3 is 0 Å². The van der Waals surface area contributed by atoms with E-state index in [0.29, 0.717) is 6.54 Å². The molecule has 1 heterocycles. The van der Waals surface area contributed by atoms with Crippen LogP contribution in [0.4, 0.5) is 0 Å². The topological polar surface area (TPSA) is 44.9 Å². The normalized spacial score (nSPS) is 12.2. The molecule has 0 aliphatic heterocycles. The van der Waals surface area contributed by atoms with Crippen LogP contribution < -0.4 is 5.32 Å². The first kappa shape index (κ1) is 13.4. The average Bonchev–Trinajstić information content (AvgIpc) is 2.93. The zero-order valence-electron chi connectivity index (χ0n) is 12.0. The van der Waals surface area contributed by atoms with Gasteiger partial charge in [-0.05, 0) is 17.2 Å². The number of hydrogen-bond acceptors (Lipinski definition) is 1. The zero-order valence-corrected chi connectivity index (χ0v) is 12.0. The number of fused-ring (bicyclic) bond motifs is 1. The summed E-state index contributed by atoms with van der Waals surface area (Å²) in [7, 11) is 0. The van der Waals surface area contributed by atoms with Gasteiger partial charge in [-0.15, -0.1) is 0 Å². The van der Waals surface area contributed by atoms with Gasteiger partial charge in [0, 0.05) is 36.5 Å². The number of nitrogens with one attached hydrogen (secondary N) is 2. The Morgan fingerprint density at radius 3 is 2.57 bits per heavy atom. The van der Waals surface area contributed by atoms with Crippen LogP contribution in [-0.4, -0.2) is 17.4 Å². The predicted molar refractivity (Wildman–Crippen MR) is 85.3 cm³/mol. The van der Waals surface area contributed by atoms with Crippen LogP contribution in [0.1, 0.15) is 24.0 Å². The van der Waals surface area contributed by atoms with Gasteiger partial charge in [0.1, 0.15) is 0 Å². The summed E-state index contributed by atoms with van der Waals surface area (Å²) in [6.45, 7) is 2.15. The first-order valence-electron chi connectivity index (χ1n) is 7.11. The van der Waals surface area contributed by atoms with Gasteiger partial charge in [0.2, 0.25) is 5.91 Å². The van der Waals surface area contributed by atoms with Crippen molar-refractivity contribution in [3.8, 4) is 0 Å². The molecule has 2 N–H and O–H groups in total. The van der Waals surface area contributed by atoms with E-state index in [1.807, 2.05) is 36.5 Å². The van der Waals surface area contributed by atoms with E-state index in [9.17, 15) is 4.79 Å². The number of para-hydroxylation sites is 1. The molecule has 3 nitrogen and oxygen atoms in total. The molecule has 0 bridgehead atoms. The number of rotatable bonds is 4. The van der Waals surface area contributed by atoms with Crippen molar-refractivity contribution in [2.24, 2.45) is 0 Å². The summed E-state index contributed by atoms with van der Waals surface area (Å²) in [6.07, 6.45) is 2.05. The van der Waals surface area contributed by atoms with E-state index in [1.54, 1.807) is 6.92 Å². The number of aromatic amines is 1. The molecule has 106 valence electrons. The first-order valence-corrected chi connectivity index (χ1v) is 7.11. The Kier molecular flexibility index (Phi) is 3.73. The lowest BCUT2D eigenvalue weighted by molar-refractivity contribution is -0.118. The van der Waals surface area contributed by atoms with Crippen LogP contribution in [0.2, 0.25) is 0 Å². The van der Waals surface area contributed by atoms with E-state index in [1.165, 1.54) is 16.5 Å². The standard InChI is InChI=1S/C18H18N2O/c1-13(21)19-11-16(14-7-3-2-4-8-14)17-12-20-18-10-6-5-9-15(17)18/h2-10,12,16,20H,11H2,1H3,(H,19,21)/t16-/m0/s1. The summed E-state index contributed by atoms with van der Waals surface area (Å²) in [5, 5.41) is 4.15. The SMILES string of the molecule is CC(=O)NC[C@@H](c1ccccc1)c1c[nH]c2ccccc12. The number of carbonyl (C=O) groups excluding carboxylic acids is 1. The van der Waals surface area contributed by atoms with Crippen molar-refractivity contribution in [3.63, 3.8) is 0 Å². The van der Waals surface area contributed by atoms with Crippen LogP contribution in [0.3, 0.4) is 0 Å². The zero-order chi connectivity index (χ0) is 14.7. The summed E-state index contributed by atoms with van der Waals surface area (Å²) in [5.41, 5.74) is 3.54. The third-order valence-corrected chi connectivity index (χ3v) is 3.75. The number of aromatic nitrogens is 1. The average molecular weight is 278 g/mol. The van der Waals surface area contributed by atoms with Crippen molar-refractivity contribution in [2.45, 2.75) is 12.8 Å². The fourth-order valence-corrected chi connectivity index (χ4v) is 2.72. The fourth-order valence-electron chi connectivity index (χ4n) is 2.72. The van der Waals surface area contributed by atoms with Crippen molar-refractivity contribution in [1.82, 2.24) is 10.3 Å². The Balaban J connectivity index is 2.04. The Hall–Kier alpha value is -2.55. The van der Waals surface area contributed by atoms with Gasteiger partial charge in [-0.1, -0.05) is 48.5 Å². The molecule has 0 saturated heterocycles. The second kappa shape index (κ2) is 5.83. The van der Waals surface area contributed by atoms with Crippen molar-refractivity contribution >= 4 is 16.8 Å². The molecule has 1 amide bonds. The van der Waals surface area contributed by atoms with Gasteiger partial charge in [-0.2, -0.15) is 0 Å². The molecule has 0 saturated carbocycles. The summed E-state index contributed by atoms with van der Waals surface area (Å²) < 4.78 is 0. The highest BCUT2D eigenvalue weighted by atomic mass is 16.1. The highest BCUT2D eigenvalue weighted by Gasteiger charge is 2.18. The van der Waals surface area contributed by atoms with Crippen LogP contribution in [-0.2, 0) is 4.79 Å². The lowest BCUT2D eigenvalue weighted by atomic mass is 9.91. The second-order valence-corrected chi connectivity index (χ2v) is 5.19. The summed E-state index contributed by atoms with van der Waals surface area (Å²) in [6, 6.07) is 18.5. The Morgan fingerprint density at radius 2 is 1.81 bits per heavy atom. The molecule has 21 heavy (non-hydrogen) atoms. The fraction of sp³-hybridized carbons (Fsp3) is 0.167. The summed E-state index contributed by atoms with van der Waals surface area (Å²) >= 11 is 0. The van der Waals surface area contributed by atoms with Crippen molar-refractivity contribution in [1.29, 1.82) is 0 Å². The molecule has 0 radical (unpaired) electrons. The molecule has 2 aromatic carbocycles. The van der Waals surface area contributed by atoms with Crippen LogP contribution in [0.15, 0.2) is 60.8 Å². The molecule has 0 fully saturated rings.